The Balaban J connectivity index is 2.19. The van der Waals surface area contributed by atoms with Crippen LogP contribution in [-0.2, 0) is 11.3 Å². The Morgan fingerprint density at radius 3 is 2.67 bits per heavy atom. The number of hydrogen-bond donors (Lipinski definition) is 1. The fraction of sp³-hybridized carbons (Fsp3) is 0.286. The van der Waals surface area contributed by atoms with Gasteiger partial charge in [0, 0.05) is 19.0 Å². The molecule has 0 atom stereocenters. The van der Waals surface area contributed by atoms with Crippen molar-refractivity contribution < 1.29 is 9.90 Å². The van der Waals surface area contributed by atoms with Crippen molar-refractivity contribution in [1.82, 2.24) is 4.57 Å². The summed E-state index contributed by atoms with van der Waals surface area (Å²) in [4.78, 5) is 22.2. The second-order valence-electron chi connectivity index (χ2n) is 4.23. The molecule has 1 aromatic heterocycles. The predicted octanol–water partition coefficient (Wildman–Crippen LogP) is 2.26. The maximum absolute atomic E-state index is 11.8. The molecule has 0 saturated heterocycles. The van der Waals surface area contributed by atoms with Gasteiger partial charge in [-0.3, -0.25) is 9.59 Å². The fourth-order valence-electron chi connectivity index (χ4n) is 2.02. The van der Waals surface area contributed by atoms with Crippen LogP contribution in [0.25, 0.3) is 10.9 Å². The van der Waals surface area contributed by atoms with Crippen LogP contribution in [0.4, 0.5) is 0 Å². The zero-order chi connectivity index (χ0) is 13.0. The lowest BCUT2D eigenvalue weighted by molar-refractivity contribution is -0.137. The largest absolute Gasteiger partial charge is 0.481 e. The number of carbonyl (C=O) groups is 1. The first-order valence-corrected chi connectivity index (χ1v) is 5.99. The van der Waals surface area contributed by atoms with Gasteiger partial charge < -0.3 is 9.67 Å². The predicted molar refractivity (Wildman–Crippen MR) is 69.7 cm³/mol. The van der Waals surface area contributed by atoms with Gasteiger partial charge in [-0.2, -0.15) is 0 Å². The standard InChI is InChI=1S/C14H15NO3/c16-13-9-8-11-5-1-2-6-12(11)15(13)10-4-3-7-14(17)18/h1-2,5-6,8-9H,3-4,7,10H2,(H,17,18). The number of hydrogen-bond acceptors (Lipinski definition) is 2. The molecule has 1 N–H and O–H groups in total. The minimum absolute atomic E-state index is 0.0379. The van der Waals surface area contributed by atoms with Crippen LogP contribution in [0, 0.1) is 0 Å². The van der Waals surface area contributed by atoms with Crippen molar-refractivity contribution in [3.8, 4) is 0 Å². The normalized spacial score (nSPS) is 10.7. The summed E-state index contributed by atoms with van der Waals surface area (Å²) in [6.45, 7) is 0.563. The third-order valence-electron chi connectivity index (χ3n) is 2.92. The fourth-order valence-corrected chi connectivity index (χ4v) is 2.02. The molecular weight excluding hydrogens is 230 g/mol. The zero-order valence-electron chi connectivity index (χ0n) is 10.0. The molecule has 1 aromatic carbocycles. The number of pyridine rings is 1. The number of para-hydroxylation sites is 1. The third-order valence-corrected chi connectivity index (χ3v) is 2.92. The number of aryl methyl sites for hydroxylation is 1. The molecule has 0 bridgehead atoms. The Bertz CT molecular complexity index is 616. The Hall–Kier alpha value is -2.10. The topological polar surface area (TPSA) is 59.3 Å². The van der Waals surface area contributed by atoms with Crippen molar-refractivity contribution in [3.05, 3.63) is 46.8 Å². The van der Waals surface area contributed by atoms with E-state index in [0.29, 0.717) is 19.4 Å². The molecule has 0 aliphatic rings. The van der Waals surface area contributed by atoms with E-state index in [1.54, 1.807) is 10.6 Å². The molecule has 2 aromatic rings. The summed E-state index contributed by atoms with van der Waals surface area (Å²) in [6, 6.07) is 11.1. The van der Waals surface area contributed by atoms with E-state index in [4.69, 9.17) is 5.11 Å². The molecule has 0 saturated carbocycles. The second-order valence-corrected chi connectivity index (χ2v) is 4.23. The molecule has 0 spiro atoms. The second kappa shape index (κ2) is 5.49. The van der Waals surface area contributed by atoms with E-state index in [1.165, 1.54) is 0 Å². The van der Waals surface area contributed by atoms with Crippen LogP contribution in [0.1, 0.15) is 19.3 Å². The molecule has 0 amide bonds. The van der Waals surface area contributed by atoms with Crippen LogP contribution in [-0.4, -0.2) is 15.6 Å². The van der Waals surface area contributed by atoms with Crippen molar-refractivity contribution in [1.29, 1.82) is 0 Å². The highest BCUT2D eigenvalue weighted by Gasteiger charge is 2.03. The number of carboxylic acids is 1. The van der Waals surface area contributed by atoms with E-state index < -0.39 is 5.97 Å². The molecule has 0 unspecified atom stereocenters. The first kappa shape index (κ1) is 12.4. The third kappa shape index (κ3) is 2.77. The molecular formula is C14H15NO3. The number of nitrogens with zero attached hydrogens (tertiary/aromatic N) is 1. The number of carboxylic acid groups (broad SMARTS) is 1. The van der Waals surface area contributed by atoms with Gasteiger partial charge in [-0.25, -0.2) is 0 Å². The number of aliphatic carboxylic acids is 1. The van der Waals surface area contributed by atoms with Gasteiger partial charge in [-0.05, 0) is 30.4 Å². The summed E-state index contributed by atoms with van der Waals surface area (Å²) in [5, 5.41) is 9.59. The Morgan fingerprint density at radius 1 is 1.11 bits per heavy atom. The lowest BCUT2D eigenvalue weighted by Crippen LogP contribution is -2.19. The van der Waals surface area contributed by atoms with Crippen LogP contribution in [0.2, 0.25) is 0 Å². The summed E-state index contributed by atoms with van der Waals surface area (Å²) < 4.78 is 1.71. The molecule has 1 heterocycles. The van der Waals surface area contributed by atoms with Gasteiger partial charge in [0.2, 0.25) is 0 Å². The van der Waals surface area contributed by atoms with Crippen LogP contribution in [0.5, 0.6) is 0 Å². The van der Waals surface area contributed by atoms with Crippen LogP contribution < -0.4 is 5.56 Å². The lowest BCUT2D eigenvalue weighted by Gasteiger charge is -2.09. The van der Waals surface area contributed by atoms with Crippen LogP contribution in [0.3, 0.4) is 0 Å². The number of benzene rings is 1. The molecule has 94 valence electrons. The molecule has 4 heteroatoms. The molecule has 2 rings (SSSR count). The molecule has 0 radical (unpaired) electrons. The summed E-state index contributed by atoms with van der Waals surface area (Å²) in [7, 11) is 0. The van der Waals surface area contributed by atoms with Gasteiger partial charge in [0.05, 0.1) is 5.52 Å². The summed E-state index contributed by atoms with van der Waals surface area (Å²) in [6.07, 6.45) is 1.44. The average molecular weight is 245 g/mol. The van der Waals surface area contributed by atoms with Crippen molar-refractivity contribution in [2.24, 2.45) is 0 Å². The van der Waals surface area contributed by atoms with Crippen molar-refractivity contribution in [2.75, 3.05) is 0 Å². The molecule has 4 nitrogen and oxygen atoms in total. The van der Waals surface area contributed by atoms with E-state index in [9.17, 15) is 9.59 Å². The van der Waals surface area contributed by atoms with Gasteiger partial charge in [0.1, 0.15) is 0 Å². The Labute approximate surface area is 104 Å². The van der Waals surface area contributed by atoms with Crippen molar-refractivity contribution >= 4 is 16.9 Å². The molecule has 0 fully saturated rings. The SMILES string of the molecule is O=C(O)CCCCn1c(=O)ccc2ccccc21. The molecule has 0 aliphatic heterocycles. The number of aromatic nitrogens is 1. The Kier molecular flexibility index (Phi) is 3.77. The van der Waals surface area contributed by atoms with Gasteiger partial charge in [-0.1, -0.05) is 18.2 Å². The van der Waals surface area contributed by atoms with E-state index in [-0.39, 0.29) is 12.0 Å². The summed E-state index contributed by atoms with van der Waals surface area (Å²) in [5.74, 6) is -0.791. The highest BCUT2D eigenvalue weighted by atomic mass is 16.4. The molecule has 18 heavy (non-hydrogen) atoms. The quantitative estimate of drug-likeness (QED) is 0.822. The Morgan fingerprint density at radius 2 is 1.89 bits per heavy atom. The van der Waals surface area contributed by atoms with Crippen LogP contribution >= 0.6 is 0 Å². The van der Waals surface area contributed by atoms with Crippen LogP contribution in [0.15, 0.2) is 41.2 Å². The van der Waals surface area contributed by atoms with Gasteiger partial charge >= 0.3 is 5.97 Å². The first-order valence-electron chi connectivity index (χ1n) is 5.99. The van der Waals surface area contributed by atoms with E-state index in [2.05, 4.69) is 0 Å². The maximum atomic E-state index is 11.8. The van der Waals surface area contributed by atoms with E-state index in [1.807, 2.05) is 30.3 Å². The number of rotatable bonds is 5. The summed E-state index contributed by atoms with van der Waals surface area (Å²) in [5.41, 5.74) is 0.865. The smallest absolute Gasteiger partial charge is 0.303 e. The monoisotopic (exact) mass is 245 g/mol. The van der Waals surface area contributed by atoms with Crippen molar-refractivity contribution in [3.63, 3.8) is 0 Å². The lowest BCUT2D eigenvalue weighted by atomic mass is 10.2. The minimum atomic E-state index is -0.791. The average Bonchev–Trinajstić information content (AvgIpc) is 2.36. The van der Waals surface area contributed by atoms with E-state index in [0.717, 1.165) is 10.9 Å². The first-order chi connectivity index (χ1) is 8.68. The highest BCUT2D eigenvalue weighted by Crippen LogP contribution is 2.11. The van der Waals surface area contributed by atoms with E-state index >= 15 is 0 Å². The zero-order valence-corrected chi connectivity index (χ0v) is 10.0. The van der Waals surface area contributed by atoms with Gasteiger partial charge in [0.25, 0.3) is 5.56 Å². The van der Waals surface area contributed by atoms with Crippen molar-refractivity contribution in [2.45, 2.75) is 25.8 Å². The summed E-state index contributed by atoms with van der Waals surface area (Å²) >= 11 is 0. The number of unbranched alkanes of at least 4 members (excludes halogenated alkanes) is 1. The minimum Gasteiger partial charge on any atom is -0.481 e. The van der Waals surface area contributed by atoms with Gasteiger partial charge in [0.15, 0.2) is 0 Å². The molecule has 0 aliphatic carbocycles. The highest BCUT2D eigenvalue weighted by molar-refractivity contribution is 5.78. The number of fused-ring (bicyclic) bond motifs is 1. The maximum Gasteiger partial charge on any atom is 0.303 e. The van der Waals surface area contributed by atoms with Gasteiger partial charge in [-0.15, -0.1) is 0 Å².